The van der Waals surface area contributed by atoms with Crippen molar-refractivity contribution in [2.45, 2.75) is 32.4 Å². The Labute approximate surface area is 120 Å². The highest BCUT2D eigenvalue weighted by atomic mass is 32.2. The molecule has 3 nitrogen and oxygen atoms in total. The normalized spacial score (nSPS) is 11.0. The monoisotopic (exact) mass is 299 g/mol. The molecular formula is C12H17N3S3. The SMILES string of the molecule is CCCSCc1nc(CC)c(-c2csc(N)n2)s1. The molecule has 98 valence electrons. The number of nitrogens with zero attached hydrogens (tertiary/aromatic N) is 2. The van der Waals surface area contributed by atoms with E-state index in [1.54, 1.807) is 11.3 Å². The largest absolute Gasteiger partial charge is 0.375 e. The molecule has 0 radical (unpaired) electrons. The molecule has 0 bridgehead atoms. The highest BCUT2D eigenvalue weighted by molar-refractivity contribution is 7.98. The lowest BCUT2D eigenvalue weighted by Crippen LogP contribution is -1.87. The Hall–Kier alpha value is -0.590. The molecule has 0 fully saturated rings. The number of nitrogens with two attached hydrogens (primary N) is 1. The number of hydrogen-bond acceptors (Lipinski definition) is 6. The standard InChI is InChI=1S/C12H17N3S3/c1-3-5-16-7-10-14-8(4-2)11(18-10)9-6-17-12(13)15-9/h6H,3-5,7H2,1-2H3,(H2,13,15). The van der Waals surface area contributed by atoms with E-state index in [0.29, 0.717) is 5.13 Å². The highest BCUT2D eigenvalue weighted by Crippen LogP contribution is 2.33. The topological polar surface area (TPSA) is 51.8 Å². The van der Waals surface area contributed by atoms with Crippen LogP contribution in [0.15, 0.2) is 5.38 Å². The smallest absolute Gasteiger partial charge is 0.180 e. The first-order chi connectivity index (χ1) is 8.74. The molecule has 18 heavy (non-hydrogen) atoms. The van der Waals surface area contributed by atoms with Crippen molar-refractivity contribution < 1.29 is 0 Å². The Balaban J connectivity index is 2.19. The molecule has 2 aromatic rings. The summed E-state index contributed by atoms with van der Waals surface area (Å²) >= 11 is 5.19. The molecule has 0 aliphatic rings. The third-order valence-electron chi connectivity index (χ3n) is 2.41. The molecule has 0 atom stereocenters. The lowest BCUT2D eigenvalue weighted by atomic mass is 10.2. The Bertz CT molecular complexity index is 504. The van der Waals surface area contributed by atoms with Crippen LogP contribution in [0, 0.1) is 0 Å². The first-order valence-electron chi connectivity index (χ1n) is 6.02. The van der Waals surface area contributed by atoms with Gasteiger partial charge in [0.15, 0.2) is 5.13 Å². The van der Waals surface area contributed by atoms with E-state index in [4.69, 9.17) is 10.7 Å². The quantitative estimate of drug-likeness (QED) is 0.817. The molecule has 0 saturated carbocycles. The predicted molar refractivity (Wildman–Crippen MR) is 83.5 cm³/mol. The van der Waals surface area contributed by atoms with Crippen molar-refractivity contribution in [3.63, 3.8) is 0 Å². The van der Waals surface area contributed by atoms with Crippen LogP contribution in [-0.4, -0.2) is 15.7 Å². The number of thioether (sulfide) groups is 1. The first-order valence-corrected chi connectivity index (χ1v) is 8.87. The van der Waals surface area contributed by atoms with Crippen LogP contribution in [0.4, 0.5) is 5.13 Å². The average Bonchev–Trinajstić information content (AvgIpc) is 2.95. The molecule has 2 rings (SSSR count). The van der Waals surface area contributed by atoms with Gasteiger partial charge < -0.3 is 5.73 Å². The van der Waals surface area contributed by atoms with Crippen molar-refractivity contribution in [1.29, 1.82) is 0 Å². The summed E-state index contributed by atoms with van der Waals surface area (Å²) in [5.41, 5.74) is 7.84. The van der Waals surface area contributed by atoms with E-state index >= 15 is 0 Å². The van der Waals surface area contributed by atoms with Crippen molar-refractivity contribution in [3.8, 4) is 10.6 Å². The Morgan fingerprint density at radius 1 is 1.33 bits per heavy atom. The summed E-state index contributed by atoms with van der Waals surface area (Å²) < 4.78 is 0. The molecule has 0 spiro atoms. The Morgan fingerprint density at radius 2 is 2.17 bits per heavy atom. The van der Waals surface area contributed by atoms with Crippen molar-refractivity contribution in [2.75, 3.05) is 11.5 Å². The maximum absolute atomic E-state index is 5.70. The molecule has 0 amide bonds. The van der Waals surface area contributed by atoms with Gasteiger partial charge in [-0.1, -0.05) is 13.8 Å². The lowest BCUT2D eigenvalue weighted by molar-refractivity contribution is 1.04. The third-order valence-corrected chi connectivity index (χ3v) is 5.56. The number of anilines is 1. The summed E-state index contributed by atoms with van der Waals surface area (Å²) in [7, 11) is 0. The van der Waals surface area contributed by atoms with Crippen molar-refractivity contribution in [2.24, 2.45) is 0 Å². The maximum atomic E-state index is 5.70. The van der Waals surface area contributed by atoms with Gasteiger partial charge in [-0.2, -0.15) is 11.8 Å². The maximum Gasteiger partial charge on any atom is 0.180 e. The van der Waals surface area contributed by atoms with E-state index in [1.165, 1.54) is 33.4 Å². The molecule has 2 aromatic heterocycles. The van der Waals surface area contributed by atoms with Crippen LogP contribution in [-0.2, 0) is 12.2 Å². The second kappa shape index (κ2) is 6.54. The van der Waals surface area contributed by atoms with E-state index < -0.39 is 0 Å². The number of nitrogen functional groups attached to an aromatic ring is 1. The van der Waals surface area contributed by atoms with Crippen LogP contribution in [0.25, 0.3) is 10.6 Å². The minimum atomic E-state index is 0.627. The Morgan fingerprint density at radius 3 is 2.78 bits per heavy atom. The fourth-order valence-electron chi connectivity index (χ4n) is 1.60. The average molecular weight is 299 g/mol. The summed E-state index contributed by atoms with van der Waals surface area (Å²) in [6.07, 6.45) is 2.16. The van der Waals surface area contributed by atoms with Crippen LogP contribution in [0.2, 0.25) is 0 Å². The van der Waals surface area contributed by atoms with Gasteiger partial charge in [-0.15, -0.1) is 22.7 Å². The number of thiazole rings is 2. The van der Waals surface area contributed by atoms with Crippen molar-refractivity contribution in [3.05, 3.63) is 16.1 Å². The molecule has 6 heteroatoms. The molecule has 0 saturated heterocycles. The molecule has 0 aliphatic carbocycles. The number of hydrogen-bond donors (Lipinski definition) is 1. The lowest BCUT2D eigenvalue weighted by Gasteiger charge is -1.93. The van der Waals surface area contributed by atoms with Gasteiger partial charge in [0.05, 0.1) is 16.3 Å². The van der Waals surface area contributed by atoms with Crippen molar-refractivity contribution >= 4 is 39.6 Å². The zero-order valence-corrected chi connectivity index (χ0v) is 13.1. The van der Waals surface area contributed by atoms with E-state index in [2.05, 4.69) is 18.8 Å². The minimum absolute atomic E-state index is 0.627. The molecular weight excluding hydrogens is 282 g/mol. The second-order valence-corrected chi connectivity index (χ2v) is 6.94. The summed E-state index contributed by atoms with van der Waals surface area (Å²) in [4.78, 5) is 10.3. The van der Waals surface area contributed by atoms with Crippen LogP contribution in [0.5, 0.6) is 0 Å². The fraction of sp³-hybridized carbons (Fsp3) is 0.500. The zero-order chi connectivity index (χ0) is 13.0. The second-order valence-electron chi connectivity index (χ2n) is 3.86. The van der Waals surface area contributed by atoms with Crippen molar-refractivity contribution in [1.82, 2.24) is 9.97 Å². The van der Waals surface area contributed by atoms with Crippen LogP contribution in [0.1, 0.15) is 31.0 Å². The third kappa shape index (κ3) is 3.24. The summed E-state index contributed by atoms with van der Waals surface area (Å²) in [6.45, 7) is 4.34. The van der Waals surface area contributed by atoms with E-state index in [1.807, 2.05) is 17.1 Å². The summed E-state index contributed by atoms with van der Waals surface area (Å²) in [5, 5.41) is 3.85. The van der Waals surface area contributed by atoms with Gasteiger partial charge in [0, 0.05) is 11.1 Å². The molecule has 0 unspecified atom stereocenters. The Kier molecular flexibility index (Phi) is 5.03. The van der Waals surface area contributed by atoms with Crippen LogP contribution >= 0.6 is 34.4 Å². The van der Waals surface area contributed by atoms with Gasteiger partial charge in [0.1, 0.15) is 5.01 Å². The van der Waals surface area contributed by atoms with Crippen LogP contribution in [0.3, 0.4) is 0 Å². The van der Waals surface area contributed by atoms with Gasteiger partial charge in [-0.3, -0.25) is 0 Å². The van der Waals surface area contributed by atoms with Gasteiger partial charge in [0.2, 0.25) is 0 Å². The zero-order valence-electron chi connectivity index (χ0n) is 10.6. The van der Waals surface area contributed by atoms with E-state index in [-0.39, 0.29) is 0 Å². The number of rotatable bonds is 6. The number of aromatic nitrogens is 2. The highest BCUT2D eigenvalue weighted by Gasteiger charge is 2.14. The number of aryl methyl sites for hydroxylation is 1. The van der Waals surface area contributed by atoms with E-state index in [0.717, 1.165) is 23.6 Å². The molecule has 0 aliphatic heterocycles. The van der Waals surface area contributed by atoms with Gasteiger partial charge in [-0.05, 0) is 18.6 Å². The van der Waals surface area contributed by atoms with E-state index in [9.17, 15) is 0 Å². The van der Waals surface area contributed by atoms with Gasteiger partial charge in [-0.25, -0.2) is 9.97 Å². The van der Waals surface area contributed by atoms with Gasteiger partial charge in [0.25, 0.3) is 0 Å². The molecule has 2 N–H and O–H groups in total. The minimum Gasteiger partial charge on any atom is -0.375 e. The first kappa shape index (κ1) is 13.8. The fourth-order valence-corrected chi connectivity index (χ4v) is 4.29. The summed E-state index contributed by atoms with van der Waals surface area (Å²) in [5.74, 6) is 2.20. The van der Waals surface area contributed by atoms with Crippen LogP contribution < -0.4 is 5.73 Å². The summed E-state index contributed by atoms with van der Waals surface area (Å²) in [6, 6.07) is 0. The predicted octanol–water partition coefficient (Wildman–Crippen LogP) is 4.05. The van der Waals surface area contributed by atoms with Gasteiger partial charge >= 0.3 is 0 Å². The molecule has 0 aromatic carbocycles. The molecule has 2 heterocycles.